The van der Waals surface area contributed by atoms with Crippen molar-refractivity contribution in [3.8, 4) is 0 Å². The second-order valence-corrected chi connectivity index (χ2v) is 3.52. The minimum absolute atomic E-state index is 0.369. The summed E-state index contributed by atoms with van der Waals surface area (Å²) in [6.07, 6.45) is -5.28. The highest BCUT2D eigenvalue weighted by Crippen LogP contribution is 2.52. The Bertz CT molecular complexity index is 420. The maximum absolute atomic E-state index is 13.4. The fraction of sp³-hybridized carbons (Fsp3) is 0.364. The van der Waals surface area contributed by atoms with Crippen molar-refractivity contribution in [2.45, 2.75) is 24.9 Å². The van der Waals surface area contributed by atoms with Gasteiger partial charge in [0.05, 0.1) is 0 Å². The van der Waals surface area contributed by atoms with Crippen LogP contribution in [0.25, 0.3) is 0 Å². The molecule has 0 fully saturated rings. The average molecular weight is 273 g/mol. The third kappa shape index (κ3) is 2.18. The van der Waals surface area contributed by atoms with E-state index in [0.717, 1.165) is 18.6 Å². The molecule has 0 nitrogen and oxygen atoms in total. The molecule has 0 spiro atoms. The normalized spacial score (nSPS) is 13.8. The molecule has 7 heteroatoms. The zero-order valence-corrected chi connectivity index (χ0v) is 9.03. The van der Waals surface area contributed by atoms with E-state index in [1.54, 1.807) is 0 Å². The van der Waals surface area contributed by atoms with Gasteiger partial charge in [-0.1, -0.05) is 31.2 Å². The molecule has 0 aliphatic rings. The van der Waals surface area contributed by atoms with Crippen LogP contribution in [0.15, 0.2) is 24.3 Å². The molecule has 101 valence electrons. The Kier molecular flexibility index (Phi) is 3.65. The van der Waals surface area contributed by atoms with Crippen LogP contribution in [0.3, 0.4) is 0 Å². The smallest absolute Gasteiger partial charge is 0.194 e. The summed E-state index contributed by atoms with van der Waals surface area (Å²) in [5.74, 6) is -11.5. The van der Waals surface area contributed by atoms with Crippen molar-refractivity contribution >= 4 is 0 Å². The Balaban J connectivity index is 3.37. The lowest BCUT2D eigenvalue weighted by Crippen LogP contribution is -2.50. The second-order valence-electron chi connectivity index (χ2n) is 3.52. The van der Waals surface area contributed by atoms with Gasteiger partial charge in [-0.15, -0.1) is 0 Å². The number of hydrogen-bond acceptors (Lipinski definition) is 0. The molecule has 1 aromatic rings. The van der Waals surface area contributed by atoms with Gasteiger partial charge in [-0.05, 0) is 12.0 Å². The Labute approximate surface area is 98.4 Å². The van der Waals surface area contributed by atoms with E-state index < -0.39 is 23.6 Å². The first-order valence-corrected chi connectivity index (χ1v) is 4.77. The van der Waals surface area contributed by atoms with Gasteiger partial charge < -0.3 is 0 Å². The molecule has 18 heavy (non-hydrogen) atoms. The van der Waals surface area contributed by atoms with Crippen molar-refractivity contribution in [3.63, 3.8) is 0 Å². The molecule has 1 radical (unpaired) electrons. The molecule has 0 amide bonds. The van der Waals surface area contributed by atoms with Crippen molar-refractivity contribution in [2.75, 3.05) is 0 Å². The van der Waals surface area contributed by atoms with Gasteiger partial charge in [-0.2, -0.15) is 30.7 Å². The number of rotatable bonds is 3. The third-order valence-corrected chi connectivity index (χ3v) is 2.36. The van der Waals surface area contributed by atoms with E-state index in [9.17, 15) is 30.7 Å². The van der Waals surface area contributed by atoms with Crippen molar-refractivity contribution in [1.82, 2.24) is 0 Å². The van der Waals surface area contributed by atoms with E-state index in [4.69, 9.17) is 0 Å². The Hall–Kier alpha value is -1.27. The van der Waals surface area contributed by atoms with Crippen molar-refractivity contribution < 1.29 is 30.7 Å². The summed E-state index contributed by atoms with van der Waals surface area (Å²) in [5.41, 5.74) is -1.72. The van der Waals surface area contributed by atoms with Crippen LogP contribution < -0.4 is 0 Å². The largest absolute Gasteiger partial charge is 0.460 e. The van der Waals surface area contributed by atoms with Crippen LogP contribution in [-0.2, 0) is 5.92 Å². The summed E-state index contributed by atoms with van der Waals surface area (Å²) >= 11 is 0. The Morgan fingerprint density at radius 1 is 0.889 bits per heavy atom. The van der Waals surface area contributed by atoms with Crippen LogP contribution in [-0.4, -0.2) is 12.1 Å². The maximum Gasteiger partial charge on any atom is 0.460 e. The SMILES string of the molecule is C[CH]c1ccccc1C(F)(F)C(F)(F)C(F)(F)F. The zero-order valence-electron chi connectivity index (χ0n) is 9.03. The highest BCUT2D eigenvalue weighted by Gasteiger charge is 2.73. The van der Waals surface area contributed by atoms with E-state index in [1.807, 2.05) is 0 Å². The van der Waals surface area contributed by atoms with E-state index in [1.165, 1.54) is 13.0 Å². The monoisotopic (exact) mass is 273 g/mol. The molecule has 0 aromatic heterocycles. The fourth-order valence-corrected chi connectivity index (χ4v) is 1.38. The minimum atomic E-state index is -6.32. The van der Waals surface area contributed by atoms with Gasteiger partial charge in [-0.3, -0.25) is 0 Å². The van der Waals surface area contributed by atoms with E-state index in [0.29, 0.717) is 6.07 Å². The summed E-state index contributed by atoms with van der Waals surface area (Å²) in [4.78, 5) is 0. The van der Waals surface area contributed by atoms with Gasteiger partial charge in [0.1, 0.15) is 0 Å². The molecule has 0 atom stereocenters. The topological polar surface area (TPSA) is 0 Å². The number of halogens is 7. The maximum atomic E-state index is 13.4. The van der Waals surface area contributed by atoms with Gasteiger partial charge in [0, 0.05) is 5.56 Å². The molecule has 1 aromatic carbocycles. The van der Waals surface area contributed by atoms with Crippen molar-refractivity contribution in [1.29, 1.82) is 0 Å². The predicted octanol–water partition coefficient (Wildman–Crippen LogP) is 4.55. The highest BCUT2D eigenvalue weighted by atomic mass is 19.4. The van der Waals surface area contributed by atoms with Gasteiger partial charge in [-0.25, -0.2) is 0 Å². The van der Waals surface area contributed by atoms with Crippen molar-refractivity contribution in [3.05, 3.63) is 41.8 Å². The Morgan fingerprint density at radius 3 is 1.83 bits per heavy atom. The zero-order chi connectivity index (χ0) is 14.2. The fourth-order valence-electron chi connectivity index (χ4n) is 1.38. The van der Waals surface area contributed by atoms with Crippen LogP contribution in [0.4, 0.5) is 30.7 Å². The lowest BCUT2D eigenvalue weighted by atomic mass is 9.95. The van der Waals surface area contributed by atoms with Crippen LogP contribution in [0.2, 0.25) is 0 Å². The molecule has 0 saturated heterocycles. The summed E-state index contributed by atoms with van der Waals surface area (Å²) in [6, 6.07) is 3.83. The van der Waals surface area contributed by atoms with Gasteiger partial charge in [0.2, 0.25) is 0 Å². The summed E-state index contributed by atoms with van der Waals surface area (Å²) < 4.78 is 88.4. The lowest BCUT2D eigenvalue weighted by Gasteiger charge is -2.29. The molecule has 0 aliphatic carbocycles. The molecule has 0 aliphatic heterocycles. The van der Waals surface area contributed by atoms with Gasteiger partial charge in [0.15, 0.2) is 0 Å². The van der Waals surface area contributed by atoms with E-state index in [2.05, 4.69) is 0 Å². The van der Waals surface area contributed by atoms with Crippen LogP contribution in [0.5, 0.6) is 0 Å². The average Bonchev–Trinajstić information content (AvgIpc) is 2.27. The predicted molar refractivity (Wildman–Crippen MR) is 50.4 cm³/mol. The molecule has 0 bridgehead atoms. The van der Waals surface area contributed by atoms with Crippen LogP contribution in [0, 0.1) is 6.42 Å². The Morgan fingerprint density at radius 2 is 1.39 bits per heavy atom. The van der Waals surface area contributed by atoms with E-state index in [-0.39, 0.29) is 5.56 Å². The number of hydrogen-bond donors (Lipinski definition) is 0. The summed E-state index contributed by atoms with van der Waals surface area (Å²) in [5, 5.41) is 0. The van der Waals surface area contributed by atoms with Crippen molar-refractivity contribution in [2.24, 2.45) is 0 Å². The molecular formula is C11H8F7. The van der Waals surface area contributed by atoms with Crippen LogP contribution in [0.1, 0.15) is 18.1 Å². The third-order valence-electron chi connectivity index (χ3n) is 2.36. The number of benzene rings is 1. The summed E-state index contributed by atoms with van der Waals surface area (Å²) in [7, 11) is 0. The lowest BCUT2D eigenvalue weighted by molar-refractivity contribution is -0.359. The van der Waals surface area contributed by atoms with Crippen LogP contribution >= 0.6 is 0 Å². The minimum Gasteiger partial charge on any atom is -0.194 e. The quantitative estimate of drug-likeness (QED) is 0.709. The molecule has 1 rings (SSSR count). The standard InChI is InChI=1S/C11H8F7/c1-2-7-5-3-4-6-8(7)9(12,13)10(14,15)11(16,17)18/h2-6H,1H3. The summed E-state index contributed by atoms with van der Waals surface area (Å²) in [6.45, 7) is 1.26. The molecule has 0 heterocycles. The first-order valence-electron chi connectivity index (χ1n) is 4.77. The molecule has 0 N–H and O–H groups in total. The van der Waals surface area contributed by atoms with Gasteiger partial charge in [0.25, 0.3) is 0 Å². The van der Waals surface area contributed by atoms with Gasteiger partial charge >= 0.3 is 18.0 Å². The number of alkyl halides is 7. The van der Waals surface area contributed by atoms with E-state index >= 15 is 0 Å². The highest BCUT2D eigenvalue weighted by molar-refractivity contribution is 5.37. The molecule has 0 unspecified atom stereocenters. The first-order chi connectivity index (χ1) is 8.05. The second kappa shape index (κ2) is 4.44. The molecule has 0 saturated carbocycles. The first kappa shape index (κ1) is 14.8. The molecular weight excluding hydrogens is 265 g/mol.